The number of rotatable bonds is 1. The smallest absolute Gasteiger partial charge is 0.252 e. The van der Waals surface area contributed by atoms with Crippen LogP contribution in [0.1, 0.15) is 34.1 Å². The molecule has 2 heterocycles. The summed E-state index contributed by atoms with van der Waals surface area (Å²) in [5, 5.41) is 5.05. The van der Waals surface area contributed by atoms with E-state index < -0.39 is 0 Å². The van der Waals surface area contributed by atoms with E-state index in [2.05, 4.69) is 17.6 Å². The third-order valence-corrected chi connectivity index (χ3v) is 3.51. The van der Waals surface area contributed by atoms with Gasteiger partial charge in [0.1, 0.15) is 0 Å². The van der Waals surface area contributed by atoms with Crippen molar-refractivity contribution in [3.8, 4) is 0 Å². The Morgan fingerprint density at radius 1 is 1.62 bits per heavy atom. The minimum atomic E-state index is 0.130. The van der Waals surface area contributed by atoms with E-state index in [9.17, 15) is 4.79 Å². The van der Waals surface area contributed by atoms with Crippen LogP contribution < -0.4 is 5.32 Å². The van der Waals surface area contributed by atoms with Gasteiger partial charge in [0.2, 0.25) is 0 Å². The standard InChI is InChI=1S/C10H13NOS/c1-2-7-6-13-8-4-3-5-11-10(12)9(7)8/h6H,2-5H2,1H3,(H,11,12). The van der Waals surface area contributed by atoms with Crippen LogP contribution in [0, 0.1) is 0 Å². The van der Waals surface area contributed by atoms with Crippen LogP contribution in [0.3, 0.4) is 0 Å². The Kier molecular flexibility index (Phi) is 2.36. The van der Waals surface area contributed by atoms with E-state index in [0.29, 0.717) is 0 Å². The van der Waals surface area contributed by atoms with E-state index in [0.717, 1.165) is 31.4 Å². The maximum atomic E-state index is 11.6. The van der Waals surface area contributed by atoms with Gasteiger partial charge in [-0.25, -0.2) is 0 Å². The first-order chi connectivity index (χ1) is 6.33. The van der Waals surface area contributed by atoms with Crippen LogP contribution in [0.4, 0.5) is 0 Å². The normalized spacial score (nSPS) is 16.2. The molecule has 13 heavy (non-hydrogen) atoms. The van der Waals surface area contributed by atoms with Crippen LogP contribution in [-0.2, 0) is 12.8 Å². The van der Waals surface area contributed by atoms with E-state index in [1.54, 1.807) is 11.3 Å². The van der Waals surface area contributed by atoms with Crippen LogP contribution in [0.25, 0.3) is 0 Å². The zero-order valence-electron chi connectivity index (χ0n) is 7.72. The molecule has 1 aliphatic rings. The van der Waals surface area contributed by atoms with Crippen LogP contribution >= 0.6 is 11.3 Å². The first-order valence-electron chi connectivity index (χ1n) is 4.70. The molecule has 2 rings (SSSR count). The number of hydrogen-bond donors (Lipinski definition) is 1. The Morgan fingerprint density at radius 3 is 3.23 bits per heavy atom. The second-order valence-corrected chi connectivity index (χ2v) is 4.24. The number of carbonyl (C=O) groups is 1. The number of hydrogen-bond acceptors (Lipinski definition) is 2. The zero-order chi connectivity index (χ0) is 9.26. The Hall–Kier alpha value is -0.830. The molecule has 0 unspecified atom stereocenters. The molecule has 0 saturated carbocycles. The van der Waals surface area contributed by atoms with Crippen molar-refractivity contribution < 1.29 is 4.79 Å². The van der Waals surface area contributed by atoms with Gasteiger partial charge in [0.25, 0.3) is 5.91 Å². The minimum absolute atomic E-state index is 0.130. The second-order valence-electron chi connectivity index (χ2n) is 3.27. The van der Waals surface area contributed by atoms with Crippen LogP contribution in [0.5, 0.6) is 0 Å². The van der Waals surface area contributed by atoms with Gasteiger partial charge in [-0.15, -0.1) is 11.3 Å². The van der Waals surface area contributed by atoms with E-state index in [4.69, 9.17) is 0 Å². The molecule has 0 fully saturated rings. The predicted octanol–water partition coefficient (Wildman–Crippen LogP) is 1.99. The van der Waals surface area contributed by atoms with Gasteiger partial charge in [-0.05, 0) is 30.2 Å². The molecule has 0 spiro atoms. The fraction of sp³-hybridized carbons (Fsp3) is 0.500. The van der Waals surface area contributed by atoms with Crippen molar-refractivity contribution in [3.05, 3.63) is 21.4 Å². The summed E-state index contributed by atoms with van der Waals surface area (Å²) in [6.45, 7) is 2.92. The molecular formula is C10H13NOS. The second kappa shape index (κ2) is 3.50. The van der Waals surface area contributed by atoms with Gasteiger partial charge in [-0.3, -0.25) is 4.79 Å². The highest BCUT2D eigenvalue weighted by Gasteiger charge is 2.19. The fourth-order valence-corrected chi connectivity index (χ4v) is 2.87. The summed E-state index contributed by atoms with van der Waals surface area (Å²) >= 11 is 1.73. The number of fused-ring (bicyclic) bond motifs is 1. The highest BCUT2D eigenvalue weighted by Crippen LogP contribution is 2.25. The lowest BCUT2D eigenvalue weighted by atomic mass is 10.1. The maximum absolute atomic E-state index is 11.6. The molecule has 1 aliphatic heterocycles. The highest BCUT2D eigenvalue weighted by atomic mass is 32.1. The Balaban J connectivity index is 2.45. The molecule has 0 aliphatic carbocycles. The van der Waals surface area contributed by atoms with Crippen molar-refractivity contribution in [2.75, 3.05) is 6.54 Å². The summed E-state index contributed by atoms with van der Waals surface area (Å²) in [6.07, 6.45) is 3.08. The van der Waals surface area contributed by atoms with Crippen LogP contribution in [0.15, 0.2) is 5.38 Å². The summed E-state index contributed by atoms with van der Waals surface area (Å²) < 4.78 is 0. The summed E-state index contributed by atoms with van der Waals surface area (Å²) in [5.41, 5.74) is 2.17. The third-order valence-electron chi connectivity index (χ3n) is 2.42. The molecule has 0 aromatic carbocycles. The molecule has 0 radical (unpaired) electrons. The molecule has 0 atom stereocenters. The largest absolute Gasteiger partial charge is 0.352 e. The predicted molar refractivity (Wildman–Crippen MR) is 54.4 cm³/mol. The van der Waals surface area contributed by atoms with Crippen LogP contribution in [0.2, 0.25) is 0 Å². The Morgan fingerprint density at radius 2 is 2.46 bits per heavy atom. The summed E-state index contributed by atoms with van der Waals surface area (Å²) in [4.78, 5) is 12.9. The SMILES string of the molecule is CCc1csc2c1C(=O)NCCC2. The number of thiophene rings is 1. The lowest BCUT2D eigenvalue weighted by Crippen LogP contribution is -2.23. The van der Waals surface area contributed by atoms with E-state index in [1.165, 1.54) is 10.4 Å². The number of carbonyl (C=O) groups excluding carboxylic acids is 1. The molecule has 1 aromatic heterocycles. The van der Waals surface area contributed by atoms with Crippen molar-refractivity contribution in [1.29, 1.82) is 0 Å². The van der Waals surface area contributed by atoms with Crippen molar-refractivity contribution in [1.82, 2.24) is 5.32 Å². The van der Waals surface area contributed by atoms with Crippen molar-refractivity contribution in [2.24, 2.45) is 0 Å². The number of nitrogens with one attached hydrogen (secondary N) is 1. The van der Waals surface area contributed by atoms with Gasteiger partial charge in [0.05, 0.1) is 5.56 Å². The topological polar surface area (TPSA) is 29.1 Å². The minimum Gasteiger partial charge on any atom is -0.352 e. The highest BCUT2D eigenvalue weighted by molar-refractivity contribution is 7.10. The molecule has 70 valence electrons. The number of aryl methyl sites for hydroxylation is 2. The van der Waals surface area contributed by atoms with Gasteiger partial charge in [0.15, 0.2) is 0 Å². The van der Waals surface area contributed by atoms with Crippen molar-refractivity contribution >= 4 is 17.2 Å². The third kappa shape index (κ3) is 1.48. The first kappa shape index (κ1) is 8.75. The molecule has 3 heteroatoms. The summed E-state index contributed by atoms with van der Waals surface area (Å²) in [7, 11) is 0. The quantitative estimate of drug-likeness (QED) is 0.729. The van der Waals surface area contributed by atoms with E-state index in [-0.39, 0.29) is 5.91 Å². The fourth-order valence-electron chi connectivity index (χ4n) is 1.69. The van der Waals surface area contributed by atoms with E-state index in [1.807, 2.05) is 0 Å². The average molecular weight is 195 g/mol. The molecule has 1 amide bonds. The number of amides is 1. The summed E-state index contributed by atoms with van der Waals surface area (Å²) in [5.74, 6) is 0.130. The summed E-state index contributed by atoms with van der Waals surface area (Å²) in [6, 6.07) is 0. The van der Waals surface area contributed by atoms with Gasteiger partial charge >= 0.3 is 0 Å². The molecular weight excluding hydrogens is 182 g/mol. The van der Waals surface area contributed by atoms with Gasteiger partial charge in [0, 0.05) is 11.4 Å². The van der Waals surface area contributed by atoms with Crippen molar-refractivity contribution in [2.45, 2.75) is 26.2 Å². The lowest BCUT2D eigenvalue weighted by Gasteiger charge is -2.01. The van der Waals surface area contributed by atoms with Gasteiger partial charge < -0.3 is 5.32 Å². The van der Waals surface area contributed by atoms with Gasteiger partial charge in [-0.1, -0.05) is 6.92 Å². The molecule has 0 bridgehead atoms. The molecule has 2 nitrogen and oxygen atoms in total. The van der Waals surface area contributed by atoms with Crippen LogP contribution in [-0.4, -0.2) is 12.5 Å². The monoisotopic (exact) mass is 195 g/mol. The first-order valence-corrected chi connectivity index (χ1v) is 5.58. The van der Waals surface area contributed by atoms with Gasteiger partial charge in [-0.2, -0.15) is 0 Å². The molecule has 1 N–H and O–H groups in total. The van der Waals surface area contributed by atoms with E-state index >= 15 is 0 Å². The maximum Gasteiger partial charge on any atom is 0.252 e. The molecule has 1 aromatic rings. The average Bonchev–Trinajstić information content (AvgIpc) is 2.47. The Labute approximate surface area is 82.0 Å². The zero-order valence-corrected chi connectivity index (χ0v) is 8.54. The Bertz CT molecular complexity index is 330. The lowest BCUT2D eigenvalue weighted by molar-refractivity contribution is 0.0955. The van der Waals surface area contributed by atoms with Crippen molar-refractivity contribution in [3.63, 3.8) is 0 Å². The molecule has 0 saturated heterocycles.